The van der Waals surface area contributed by atoms with E-state index in [9.17, 15) is 0 Å². The molecule has 0 spiro atoms. The molecule has 0 atom stereocenters. The number of rotatable bonds is 3. The fraction of sp³-hybridized carbons (Fsp3) is 0.0909. The van der Waals surface area contributed by atoms with Crippen LogP contribution in [-0.4, -0.2) is 4.98 Å². The lowest BCUT2D eigenvalue weighted by molar-refractivity contribution is 0.309. The van der Waals surface area contributed by atoms with Gasteiger partial charge < -0.3 is 10.5 Å². The van der Waals surface area contributed by atoms with Gasteiger partial charge in [0.05, 0.1) is 6.20 Å². The molecule has 0 aliphatic carbocycles. The second-order valence-corrected chi connectivity index (χ2v) is 4.12. The SMILES string of the molecule is N#Cc1cnc(N)cc1OCc1cccs1. The monoisotopic (exact) mass is 231 g/mol. The van der Waals surface area contributed by atoms with Crippen LogP contribution in [0, 0.1) is 11.3 Å². The zero-order valence-electron chi connectivity index (χ0n) is 8.38. The van der Waals surface area contributed by atoms with E-state index >= 15 is 0 Å². The second-order valence-electron chi connectivity index (χ2n) is 3.09. The summed E-state index contributed by atoms with van der Waals surface area (Å²) in [5, 5.41) is 10.8. The van der Waals surface area contributed by atoms with Crippen molar-refractivity contribution in [2.45, 2.75) is 6.61 Å². The fourth-order valence-corrected chi connectivity index (χ4v) is 1.82. The molecule has 0 radical (unpaired) electrons. The maximum absolute atomic E-state index is 8.86. The van der Waals surface area contributed by atoms with Crippen LogP contribution in [0.4, 0.5) is 5.82 Å². The van der Waals surface area contributed by atoms with Gasteiger partial charge >= 0.3 is 0 Å². The number of nitrogen functional groups attached to an aromatic ring is 1. The molecule has 0 bridgehead atoms. The van der Waals surface area contributed by atoms with E-state index in [-0.39, 0.29) is 0 Å². The normalized spacial score (nSPS) is 9.69. The molecule has 0 unspecified atom stereocenters. The molecule has 16 heavy (non-hydrogen) atoms. The van der Waals surface area contributed by atoms with Crippen LogP contribution >= 0.6 is 11.3 Å². The van der Waals surface area contributed by atoms with Crippen molar-refractivity contribution in [2.24, 2.45) is 0 Å². The summed E-state index contributed by atoms with van der Waals surface area (Å²) in [4.78, 5) is 4.93. The van der Waals surface area contributed by atoms with Gasteiger partial charge in [-0.1, -0.05) is 6.07 Å². The van der Waals surface area contributed by atoms with Crippen LogP contribution in [0.5, 0.6) is 5.75 Å². The summed E-state index contributed by atoms with van der Waals surface area (Å²) in [6.45, 7) is 0.440. The smallest absolute Gasteiger partial charge is 0.142 e. The van der Waals surface area contributed by atoms with Crippen LogP contribution in [0.1, 0.15) is 10.4 Å². The van der Waals surface area contributed by atoms with E-state index in [1.165, 1.54) is 6.20 Å². The summed E-state index contributed by atoms with van der Waals surface area (Å²) in [6.07, 6.45) is 1.42. The molecule has 0 aromatic carbocycles. The Kier molecular flexibility index (Phi) is 3.03. The number of anilines is 1. The molecule has 2 heterocycles. The number of ether oxygens (including phenoxy) is 1. The first-order chi connectivity index (χ1) is 7.79. The minimum Gasteiger partial charge on any atom is -0.486 e. The minimum absolute atomic E-state index is 0.347. The third-order valence-electron chi connectivity index (χ3n) is 1.96. The average Bonchev–Trinajstić information content (AvgIpc) is 2.79. The summed E-state index contributed by atoms with van der Waals surface area (Å²) in [5.74, 6) is 0.823. The number of nitriles is 1. The van der Waals surface area contributed by atoms with Gasteiger partial charge in [-0.25, -0.2) is 4.98 Å². The quantitative estimate of drug-likeness (QED) is 0.878. The van der Waals surface area contributed by atoms with E-state index in [1.54, 1.807) is 17.4 Å². The van der Waals surface area contributed by atoms with Crippen LogP contribution in [0.3, 0.4) is 0 Å². The molecule has 2 aromatic heterocycles. The molecule has 2 N–H and O–H groups in total. The first kappa shape index (κ1) is 10.5. The molecule has 0 fully saturated rings. The Morgan fingerprint density at radius 1 is 1.56 bits per heavy atom. The van der Waals surface area contributed by atoms with Crippen molar-refractivity contribution in [3.63, 3.8) is 0 Å². The zero-order valence-corrected chi connectivity index (χ0v) is 9.20. The Morgan fingerprint density at radius 2 is 2.44 bits per heavy atom. The predicted octanol–water partition coefficient (Wildman–Crippen LogP) is 2.18. The molecule has 4 nitrogen and oxygen atoms in total. The number of pyridine rings is 1. The Balaban J connectivity index is 2.15. The molecule has 0 saturated heterocycles. The molecule has 80 valence electrons. The Bertz CT molecular complexity index is 517. The van der Waals surface area contributed by atoms with E-state index in [4.69, 9.17) is 15.7 Å². The van der Waals surface area contributed by atoms with E-state index < -0.39 is 0 Å². The summed E-state index contributed by atoms with van der Waals surface area (Å²) in [7, 11) is 0. The van der Waals surface area contributed by atoms with Gasteiger partial charge in [0, 0.05) is 10.9 Å². The first-order valence-corrected chi connectivity index (χ1v) is 5.48. The highest BCUT2D eigenvalue weighted by atomic mass is 32.1. The van der Waals surface area contributed by atoms with Gasteiger partial charge in [-0.15, -0.1) is 11.3 Å². The predicted molar refractivity (Wildman–Crippen MR) is 62.0 cm³/mol. The van der Waals surface area contributed by atoms with Crippen LogP contribution in [0.2, 0.25) is 0 Å². The maximum atomic E-state index is 8.86. The largest absolute Gasteiger partial charge is 0.486 e. The van der Waals surface area contributed by atoms with Gasteiger partial charge in [-0.3, -0.25) is 0 Å². The first-order valence-electron chi connectivity index (χ1n) is 4.60. The molecule has 0 aliphatic heterocycles. The van der Waals surface area contributed by atoms with E-state index in [0.29, 0.717) is 23.7 Å². The Labute approximate surface area is 96.9 Å². The van der Waals surface area contributed by atoms with Gasteiger partial charge in [0.2, 0.25) is 0 Å². The molecule has 2 rings (SSSR count). The molecule has 0 amide bonds. The summed E-state index contributed by atoms with van der Waals surface area (Å²) in [5.41, 5.74) is 5.93. The van der Waals surface area contributed by atoms with Crippen LogP contribution in [0.15, 0.2) is 29.8 Å². The van der Waals surface area contributed by atoms with E-state index in [1.807, 2.05) is 23.6 Å². The van der Waals surface area contributed by atoms with Gasteiger partial charge in [0.15, 0.2) is 0 Å². The number of aromatic nitrogens is 1. The number of hydrogen-bond donors (Lipinski definition) is 1. The van der Waals surface area contributed by atoms with Gasteiger partial charge in [0.25, 0.3) is 0 Å². The van der Waals surface area contributed by atoms with Crippen molar-refractivity contribution in [3.8, 4) is 11.8 Å². The number of nitrogens with zero attached hydrogens (tertiary/aromatic N) is 2. The molecule has 0 aliphatic rings. The Hall–Kier alpha value is -2.06. The van der Waals surface area contributed by atoms with Crippen molar-refractivity contribution in [2.75, 3.05) is 5.73 Å². The molecular weight excluding hydrogens is 222 g/mol. The third-order valence-corrected chi connectivity index (χ3v) is 2.81. The van der Waals surface area contributed by atoms with Crippen molar-refractivity contribution < 1.29 is 4.74 Å². The lowest BCUT2D eigenvalue weighted by Gasteiger charge is -2.06. The number of thiophene rings is 1. The average molecular weight is 231 g/mol. The second kappa shape index (κ2) is 4.64. The molecule has 2 aromatic rings. The fourth-order valence-electron chi connectivity index (χ4n) is 1.20. The van der Waals surface area contributed by atoms with E-state index in [0.717, 1.165) is 4.88 Å². The highest BCUT2D eigenvalue weighted by Gasteiger charge is 2.05. The summed E-state index contributed by atoms with van der Waals surface area (Å²) < 4.78 is 5.52. The standard InChI is InChI=1S/C11H9N3OS/c12-5-8-6-14-11(13)4-10(8)15-7-9-2-1-3-16-9/h1-4,6H,7H2,(H2,13,14). The molecule has 5 heteroatoms. The molecule has 0 saturated carbocycles. The van der Waals surface area contributed by atoms with Crippen LogP contribution in [0.25, 0.3) is 0 Å². The number of nitrogens with two attached hydrogens (primary N) is 1. The van der Waals surface area contributed by atoms with Gasteiger partial charge in [-0.05, 0) is 11.4 Å². The molecular formula is C11H9N3OS. The van der Waals surface area contributed by atoms with Crippen molar-refractivity contribution in [1.29, 1.82) is 5.26 Å². The van der Waals surface area contributed by atoms with Crippen molar-refractivity contribution in [3.05, 3.63) is 40.2 Å². The lowest BCUT2D eigenvalue weighted by Crippen LogP contribution is -1.98. The zero-order chi connectivity index (χ0) is 11.4. The topological polar surface area (TPSA) is 71.9 Å². The highest BCUT2D eigenvalue weighted by Crippen LogP contribution is 2.21. The highest BCUT2D eigenvalue weighted by molar-refractivity contribution is 7.09. The van der Waals surface area contributed by atoms with Gasteiger partial charge in [0.1, 0.15) is 29.8 Å². The van der Waals surface area contributed by atoms with Gasteiger partial charge in [-0.2, -0.15) is 5.26 Å². The Morgan fingerprint density at radius 3 is 3.12 bits per heavy atom. The third kappa shape index (κ3) is 2.30. The maximum Gasteiger partial charge on any atom is 0.142 e. The number of hydrogen-bond acceptors (Lipinski definition) is 5. The van der Waals surface area contributed by atoms with Crippen molar-refractivity contribution in [1.82, 2.24) is 4.98 Å². The van der Waals surface area contributed by atoms with E-state index in [2.05, 4.69) is 4.98 Å². The summed E-state index contributed by atoms with van der Waals surface area (Å²) in [6, 6.07) is 7.50. The summed E-state index contributed by atoms with van der Waals surface area (Å²) >= 11 is 1.61. The minimum atomic E-state index is 0.347. The van der Waals surface area contributed by atoms with Crippen LogP contribution in [-0.2, 0) is 6.61 Å². The van der Waals surface area contributed by atoms with Crippen molar-refractivity contribution >= 4 is 17.2 Å². The lowest BCUT2D eigenvalue weighted by atomic mass is 10.3. The van der Waals surface area contributed by atoms with Crippen LogP contribution < -0.4 is 10.5 Å².